The number of carbonyl (C=O) groups is 1. The van der Waals surface area contributed by atoms with E-state index in [1.165, 1.54) is 6.26 Å². The molecule has 4 nitrogen and oxygen atoms in total. The van der Waals surface area contributed by atoms with Gasteiger partial charge in [0.2, 0.25) is 0 Å². The van der Waals surface area contributed by atoms with Gasteiger partial charge in [0.25, 0.3) is 0 Å². The number of hydrogen-bond acceptors (Lipinski definition) is 3. The largest absolute Gasteiger partial charge is 0.616 e. The van der Waals surface area contributed by atoms with Crippen molar-refractivity contribution in [3.8, 4) is 0 Å². The first kappa shape index (κ1) is 8.58. The van der Waals surface area contributed by atoms with Crippen LogP contribution in [0.15, 0.2) is 0 Å². The topological polar surface area (TPSA) is 75.4 Å². The molecule has 0 saturated heterocycles. The lowest BCUT2D eigenvalue weighted by molar-refractivity contribution is 0.163. The minimum atomic E-state index is -0.915. The summed E-state index contributed by atoms with van der Waals surface area (Å²) >= 11 is -0.915. The van der Waals surface area contributed by atoms with Crippen LogP contribution in [0.2, 0.25) is 0 Å². The Morgan fingerprint density at radius 2 is 2.44 bits per heavy atom. The SMILES string of the molecule is C[S+]([O-])CCOC(N)=O. The van der Waals surface area contributed by atoms with E-state index >= 15 is 0 Å². The summed E-state index contributed by atoms with van der Waals surface area (Å²) in [6.07, 6.45) is 0.713. The van der Waals surface area contributed by atoms with Crippen LogP contribution in [0.5, 0.6) is 0 Å². The van der Waals surface area contributed by atoms with Crippen molar-refractivity contribution in [2.45, 2.75) is 0 Å². The fourth-order valence-electron chi connectivity index (χ4n) is 0.260. The summed E-state index contributed by atoms with van der Waals surface area (Å²) in [5.74, 6) is 0.350. The van der Waals surface area contributed by atoms with Crippen molar-refractivity contribution in [1.29, 1.82) is 0 Å². The van der Waals surface area contributed by atoms with Crippen LogP contribution in [0.3, 0.4) is 0 Å². The summed E-state index contributed by atoms with van der Waals surface area (Å²) in [5, 5.41) is 0. The second-order valence-electron chi connectivity index (χ2n) is 1.44. The molecule has 0 rings (SSSR count). The van der Waals surface area contributed by atoms with E-state index in [1.807, 2.05) is 0 Å². The van der Waals surface area contributed by atoms with Gasteiger partial charge in [0.05, 0.1) is 6.26 Å². The van der Waals surface area contributed by atoms with Crippen LogP contribution in [-0.2, 0) is 15.9 Å². The fraction of sp³-hybridized carbons (Fsp3) is 0.750. The van der Waals surface area contributed by atoms with Gasteiger partial charge in [-0.05, 0) is 0 Å². The van der Waals surface area contributed by atoms with Crippen molar-refractivity contribution in [2.24, 2.45) is 5.73 Å². The Kier molecular flexibility index (Phi) is 4.25. The zero-order chi connectivity index (χ0) is 7.28. The van der Waals surface area contributed by atoms with E-state index in [2.05, 4.69) is 10.5 Å². The lowest BCUT2D eigenvalue weighted by Crippen LogP contribution is -2.18. The Morgan fingerprint density at radius 3 is 2.78 bits per heavy atom. The highest BCUT2D eigenvalue weighted by Crippen LogP contribution is 1.82. The number of rotatable bonds is 3. The van der Waals surface area contributed by atoms with Gasteiger partial charge in [-0.3, -0.25) is 0 Å². The molecular weight excluding hydrogens is 142 g/mol. The predicted molar refractivity (Wildman–Crippen MR) is 34.5 cm³/mol. The van der Waals surface area contributed by atoms with Crippen molar-refractivity contribution in [3.05, 3.63) is 0 Å². The van der Waals surface area contributed by atoms with E-state index in [0.29, 0.717) is 5.75 Å². The lowest BCUT2D eigenvalue weighted by Gasteiger charge is -2.03. The highest BCUT2D eigenvalue weighted by atomic mass is 32.2. The molecule has 0 aromatic heterocycles. The highest BCUT2D eigenvalue weighted by molar-refractivity contribution is 7.90. The molecule has 0 bridgehead atoms. The van der Waals surface area contributed by atoms with Crippen LogP contribution in [0.1, 0.15) is 0 Å². The van der Waals surface area contributed by atoms with Gasteiger partial charge in [-0.1, -0.05) is 11.2 Å². The number of carbonyl (C=O) groups excluding carboxylic acids is 1. The number of amides is 1. The van der Waals surface area contributed by atoms with Crippen LogP contribution in [0.4, 0.5) is 4.79 Å². The fourth-order valence-corrected chi connectivity index (χ4v) is 0.578. The summed E-state index contributed by atoms with van der Waals surface area (Å²) < 4.78 is 14.6. The van der Waals surface area contributed by atoms with Crippen LogP contribution < -0.4 is 5.73 Å². The molecule has 0 aliphatic carbocycles. The molecule has 1 amide bonds. The molecule has 0 fully saturated rings. The van der Waals surface area contributed by atoms with Crippen molar-refractivity contribution in [3.63, 3.8) is 0 Å². The molecule has 54 valence electrons. The van der Waals surface area contributed by atoms with Gasteiger partial charge in [-0.2, -0.15) is 0 Å². The van der Waals surface area contributed by atoms with Crippen molar-refractivity contribution >= 4 is 17.3 Å². The van der Waals surface area contributed by atoms with E-state index < -0.39 is 17.3 Å². The molecule has 0 aromatic rings. The summed E-state index contributed by atoms with van der Waals surface area (Å²) in [6, 6.07) is 0. The third-order valence-corrected chi connectivity index (χ3v) is 1.36. The Bertz CT molecular complexity index is 95.8. The average molecular weight is 151 g/mol. The van der Waals surface area contributed by atoms with Crippen LogP contribution in [0.25, 0.3) is 0 Å². The molecule has 0 aromatic carbocycles. The maximum atomic E-state index is 10.3. The van der Waals surface area contributed by atoms with E-state index in [-0.39, 0.29) is 6.61 Å². The van der Waals surface area contributed by atoms with Crippen LogP contribution >= 0.6 is 0 Å². The van der Waals surface area contributed by atoms with Crippen molar-refractivity contribution in [2.75, 3.05) is 18.6 Å². The maximum Gasteiger partial charge on any atom is 0.404 e. The van der Waals surface area contributed by atoms with Gasteiger partial charge in [0.1, 0.15) is 12.4 Å². The number of primary amides is 1. The number of hydrogen-bond donors (Lipinski definition) is 1. The first-order chi connectivity index (χ1) is 4.13. The summed E-state index contributed by atoms with van der Waals surface area (Å²) in [6.45, 7) is 0.137. The van der Waals surface area contributed by atoms with Gasteiger partial charge >= 0.3 is 6.09 Å². The molecule has 5 heteroatoms. The smallest absolute Gasteiger partial charge is 0.404 e. The quantitative estimate of drug-likeness (QED) is 0.550. The summed E-state index contributed by atoms with van der Waals surface area (Å²) in [5.41, 5.74) is 4.62. The predicted octanol–water partition coefficient (Wildman–Crippen LogP) is -0.540. The Labute approximate surface area is 56.5 Å². The van der Waals surface area contributed by atoms with Gasteiger partial charge in [-0.25, -0.2) is 4.79 Å². The lowest BCUT2D eigenvalue weighted by atomic mass is 10.8. The molecule has 0 aliphatic rings. The van der Waals surface area contributed by atoms with Gasteiger partial charge in [0, 0.05) is 0 Å². The average Bonchev–Trinajstić information content (AvgIpc) is 1.63. The Morgan fingerprint density at radius 1 is 1.89 bits per heavy atom. The van der Waals surface area contributed by atoms with Crippen LogP contribution in [-0.4, -0.2) is 29.3 Å². The van der Waals surface area contributed by atoms with Gasteiger partial charge in [-0.15, -0.1) is 0 Å². The first-order valence-electron chi connectivity index (χ1n) is 2.35. The minimum absolute atomic E-state index is 0.137. The van der Waals surface area contributed by atoms with Crippen molar-refractivity contribution in [1.82, 2.24) is 0 Å². The van der Waals surface area contributed by atoms with E-state index in [0.717, 1.165) is 0 Å². The molecular formula is C4H9NO3S. The monoisotopic (exact) mass is 151 g/mol. The highest BCUT2D eigenvalue weighted by Gasteiger charge is 1.98. The summed E-state index contributed by atoms with van der Waals surface area (Å²) in [4.78, 5) is 9.88. The molecule has 0 spiro atoms. The molecule has 0 heterocycles. The van der Waals surface area contributed by atoms with Gasteiger partial charge < -0.3 is 15.0 Å². The Balaban J connectivity index is 3.01. The third-order valence-electron chi connectivity index (χ3n) is 0.615. The zero-order valence-electron chi connectivity index (χ0n) is 5.12. The first-order valence-corrected chi connectivity index (χ1v) is 4.08. The maximum absolute atomic E-state index is 10.3. The second-order valence-corrected chi connectivity index (χ2v) is 3.00. The summed E-state index contributed by atoms with van der Waals surface area (Å²) in [7, 11) is 0. The second kappa shape index (κ2) is 4.46. The molecule has 1 unspecified atom stereocenters. The minimum Gasteiger partial charge on any atom is -0.616 e. The van der Waals surface area contributed by atoms with E-state index in [9.17, 15) is 9.35 Å². The standard InChI is InChI=1S/C4H9NO3S/c1-9(7)3-2-8-4(5)6/h2-3H2,1H3,(H2,5,6). The zero-order valence-corrected chi connectivity index (χ0v) is 5.94. The number of ether oxygens (including phenoxy) is 1. The molecule has 9 heavy (non-hydrogen) atoms. The molecule has 0 saturated carbocycles. The Hall–Kier alpha value is -0.420. The van der Waals surface area contributed by atoms with Gasteiger partial charge in [0.15, 0.2) is 0 Å². The molecule has 0 radical (unpaired) electrons. The van der Waals surface area contributed by atoms with Crippen molar-refractivity contribution < 1.29 is 14.1 Å². The third kappa shape index (κ3) is 7.58. The molecule has 2 N–H and O–H groups in total. The van der Waals surface area contributed by atoms with E-state index in [4.69, 9.17) is 0 Å². The number of nitrogens with two attached hydrogens (primary N) is 1. The van der Waals surface area contributed by atoms with E-state index in [1.54, 1.807) is 0 Å². The molecule has 0 aliphatic heterocycles. The normalized spacial score (nSPS) is 12.7. The van der Waals surface area contributed by atoms with Crippen LogP contribution in [0, 0.1) is 0 Å². The molecule has 1 atom stereocenters.